The summed E-state index contributed by atoms with van der Waals surface area (Å²) < 4.78 is 3.94. The first kappa shape index (κ1) is 12.5. The molecule has 0 fully saturated rings. The van der Waals surface area contributed by atoms with Crippen molar-refractivity contribution in [2.75, 3.05) is 0 Å². The Morgan fingerprint density at radius 2 is 1.80 bits per heavy atom. The molecule has 0 aliphatic carbocycles. The van der Waals surface area contributed by atoms with Gasteiger partial charge in [-0.15, -0.1) is 0 Å². The summed E-state index contributed by atoms with van der Waals surface area (Å²) in [5.41, 5.74) is 1.19. The van der Waals surface area contributed by atoms with Crippen LogP contribution >= 0.6 is 11.5 Å². The molecular formula is C13H8N2O4S. The van der Waals surface area contributed by atoms with Crippen LogP contribution < -0.4 is 0 Å². The summed E-state index contributed by atoms with van der Waals surface area (Å²) in [6.07, 6.45) is 0. The quantitative estimate of drug-likeness (QED) is 0.788. The van der Waals surface area contributed by atoms with Crippen molar-refractivity contribution in [2.24, 2.45) is 0 Å². The van der Waals surface area contributed by atoms with Crippen LogP contribution in [0.15, 0.2) is 29.6 Å². The molecule has 0 N–H and O–H groups in total. The van der Waals surface area contributed by atoms with Crippen molar-refractivity contribution < 1.29 is 19.2 Å². The lowest BCUT2D eigenvalue weighted by molar-refractivity contribution is -0.0584. The lowest BCUT2D eigenvalue weighted by Crippen LogP contribution is -2.32. The van der Waals surface area contributed by atoms with Crippen molar-refractivity contribution in [1.82, 2.24) is 9.44 Å². The molecule has 1 aromatic heterocycles. The van der Waals surface area contributed by atoms with Gasteiger partial charge >= 0.3 is 5.97 Å². The van der Waals surface area contributed by atoms with Gasteiger partial charge in [0, 0.05) is 5.38 Å². The maximum absolute atomic E-state index is 12.0. The van der Waals surface area contributed by atoms with Gasteiger partial charge in [-0.1, -0.05) is 17.2 Å². The van der Waals surface area contributed by atoms with E-state index in [-0.39, 0.29) is 16.7 Å². The molecular weight excluding hydrogens is 280 g/mol. The molecule has 0 atom stereocenters. The largest absolute Gasteiger partial charge is 0.366 e. The van der Waals surface area contributed by atoms with Crippen molar-refractivity contribution in [2.45, 2.75) is 6.92 Å². The van der Waals surface area contributed by atoms with Gasteiger partial charge in [0.15, 0.2) is 0 Å². The highest BCUT2D eigenvalue weighted by Crippen LogP contribution is 2.23. The number of benzene rings is 1. The predicted molar refractivity (Wildman–Crippen MR) is 69.2 cm³/mol. The molecule has 0 saturated carbocycles. The molecule has 0 saturated heterocycles. The molecule has 3 rings (SSSR count). The molecule has 20 heavy (non-hydrogen) atoms. The van der Waals surface area contributed by atoms with Crippen LogP contribution in [0.1, 0.15) is 36.8 Å². The van der Waals surface area contributed by atoms with E-state index >= 15 is 0 Å². The monoisotopic (exact) mass is 288 g/mol. The van der Waals surface area contributed by atoms with Crippen molar-refractivity contribution >= 4 is 29.3 Å². The highest BCUT2D eigenvalue weighted by atomic mass is 32.1. The Morgan fingerprint density at radius 1 is 1.20 bits per heavy atom. The SMILES string of the molecule is Cc1nscc1C(=O)ON1C(=O)c2ccccc2C1=O. The summed E-state index contributed by atoms with van der Waals surface area (Å²) in [6, 6.07) is 6.31. The number of nitrogens with zero attached hydrogens (tertiary/aromatic N) is 2. The number of aromatic nitrogens is 1. The fourth-order valence-corrected chi connectivity index (χ4v) is 2.55. The van der Waals surface area contributed by atoms with Gasteiger partial charge in [0.05, 0.1) is 22.4 Å². The van der Waals surface area contributed by atoms with E-state index in [1.807, 2.05) is 0 Å². The minimum Gasteiger partial charge on any atom is -0.324 e. The fourth-order valence-electron chi connectivity index (χ4n) is 1.87. The smallest absolute Gasteiger partial charge is 0.324 e. The third-order valence-corrected chi connectivity index (χ3v) is 3.62. The molecule has 7 heteroatoms. The molecule has 1 aliphatic rings. The van der Waals surface area contributed by atoms with Crippen LogP contribution in [0.2, 0.25) is 0 Å². The highest BCUT2D eigenvalue weighted by Gasteiger charge is 2.39. The normalized spacial score (nSPS) is 13.6. The van der Waals surface area contributed by atoms with Crippen LogP contribution in [-0.2, 0) is 4.84 Å². The lowest BCUT2D eigenvalue weighted by Gasteiger charge is -2.12. The van der Waals surface area contributed by atoms with Crippen LogP contribution in [0.5, 0.6) is 0 Å². The first-order valence-electron chi connectivity index (χ1n) is 5.70. The average Bonchev–Trinajstić information content (AvgIpc) is 2.97. The van der Waals surface area contributed by atoms with Crippen LogP contribution in [-0.4, -0.2) is 27.2 Å². The second-order valence-corrected chi connectivity index (χ2v) is 4.77. The Bertz CT molecular complexity index is 702. The van der Waals surface area contributed by atoms with Gasteiger partial charge in [-0.3, -0.25) is 9.59 Å². The van der Waals surface area contributed by atoms with E-state index in [9.17, 15) is 14.4 Å². The summed E-state index contributed by atoms with van der Waals surface area (Å²) in [6.45, 7) is 1.65. The average molecular weight is 288 g/mol. The van der Waals surface area contributed by atoms with E-state index in [4.69, 9.17) is 4.84 Å². The summed E-state index contributed by atoms with van der Waals surface area (Å²) in [5.74, 6) is -2.05. The third kappa shape index (κ3) is 1.79. The molecule has 2 heterocycles. The van der Waals surface area contributed by atoms with E-state index in [2.05, 4.69) is 4.37 Å². The van der Waals surface area contributed by atoms with Gasteiger partial charge in [-0.05, 0) is 30.6 Å². The maximum atomic E-state index is 12.0. The molecule has 0 bridgehead atoms. The molecule has 0 radical (unpaired) electrons. The van der Waals surface area contributed by atoms with Gasteiger partial charge in [-0.2, -0.15) is 4.37 Å². The standard InChI is InChI=1S/C13H8N2O4S/c1-7-10(6-20-14-7)13(18)19-15-11(16)8-4-2-3-5-9(8)12(15)17/h2-6H,1H3. The highest BCUT2D eigenvalue weighted by molar-refractivity contribution is 7.03. The number of amides is 2. The number of hydroxylamine groups is 2. The van der Waals surface area contributed by atoms with Crippen molar-refractivity contribution in [3.05, 3.63) is 52.0 Å². The lowest BCUT2D eigenvalue weighted by atomic mass is 10.1. The molecule has 2 amide bonds. The van der Waals surface area contributed by atoms with E-state index in [1.165, 1.54) is 17.5 Å². The minimum atomic E-state index is -0.772. The Balaban J connectivity index is 1.87. The Labute approximate surface area is 117 Å². The predicted octanol–water partition coefficient (Wildman–Crippen LogP) is 1.82. The zero-order chi connectivity index (χ0) is 14.3. The van der Waals surface area contributed by atoms with Gasteiger partial charge in [0.1, 0.15) is 0 Å². The maximum Gasteiger partial charge on any atom is 0.366 e. The van der Waals surface area contributed by atoms with Crippen LogP contribution in [0, 0.1) is 6.92 Å². The molecule has 0 unspecified atom stereocenters. The van der Waals surface area contributed by atoms with E-state index in [0.717, 1.165) is 11.5 Å². The van der Waals surface area contributed by atoms with Gasteiger partial charge in [0.2, 0.25) is 0 Å². The summed E-state index contributed by atoms with van der Waals surface area (Å²) in [7, 11) is 0. The van der Waals surface area contributed by atoms with Crippen LogP contribution in [0.3, 0.4) is 0 Å². The zero-order valence-corrected chi connectivity index (χ0v) is 11.1. The molecule has 2 aromatic rings. The van der Waals surface area contributed by atoms with Gasteiger partial charge in [-0.25, -0.2) is 4.79 Å². The minimum absolute atomic E-state index is 0.227. The summed E-state index contributed by atoms with van der Waals surface area (Å²) in [4.78, 5) is 40.9. The number of carbonyl (C=O) groups excluding carboxylic acids is 3. The topological polar surface area (TPSA) is 76.6 Å². The number of rotatable bonds is 2. The summed E-state index contributed by atoms with van der Waals surface area (Å²) >= 11 is 1.10. The Morgan fingerprint density at radius 3 is 2.30 bits per heavy atom. The molecule has 6 nitrogen and oxygen atoms in total. The number of carbonyl (C=O) groups is 3. The van der Waals surface area contributed by atoms with Crippen molar-refractivity contribution in [1.29, 1.82) is 0 Å². The van der Waals surface area contributed by atoms with Gasteiger partial charge < -0.3 is 4.84 Å². The number of hydrogen-bond donors (Lipinski definition) is 0. The Kier molecular flexibility index (Phi) is 2.83. The van der Waals surface area contributed by atoms with Crippen molar-refractivity contribution in [3.63, 3.8) is 0 Å². The zero-order valence-electron chi connectivity index (χ0n) is 10.3. The first-order chi connectivity index (χ1) is 9.59. The molecule has 1 aliphatic heterocycles. The third-order valence-electron chi connectivity index (χ3n) is 2.90. The van der Waals surface area contributed by atoms with Crippen LogP contribution in [0.4, 0.5) is 0 Å². The van der Waals surface area contributed by atoms with E-state index in [1.54, 1.807) is 19.1 Å². The number of fused-ring (bicyclic) bond motifs is 1. The molecule has 1 aromatic carbocycles. The molecule has 0 spiro atoms. The van der Waals surface area contributed by atoms with Crippen molar-refractivity contribution in [3.8, 4) is 0 Å². The Hall–Kier alpha value is -2.54. The van der Waals surface area contributed by atoms with Crippen LogP contribution in [0.25, 0.3) is 0 Å². The number of imide groups is 1. The second kappa shape index (κ2) is 4.53. The number of aryl methyl sites for hydroxylation is 1. The van der Waals surface area contributed by atoms with E-state index < -0.39 is 17.8 Å². The van der Waals surface area contributed by atoms with Gasteiger partial charge in [0.25, 0.3) is 11.8 Å². The summed E-state index contributed by atoms with van der Waals surface area (Å²) in [5, 5.41) is 2.00. The first-order valence-corrected chi connectivity index (χ1v) is 6.54. The molecule has 100 valence electrons. The fraction of sp³-hybridized carbons (Fsp3) is 0.0769. The second-order valence-electron chi connectivity index (χ2n) is 4.14. The van der Waals surface area contributed by atoms with E-state index in [0.29, 0.717) is 10.8 Å². The number of hydrogen-bond acceptors (Lipinski definition) is 6.